The molecule has 0 aliphatic carbocycles. The third-order valence-corrected chi connectivity index (χ3v) is 3.22. The van der Waals surface area contributed by atoms with Crippen LogP contribution in [0.5, 0.6) is 0 Å². The molecule has 2 N–H and O–H groups in total. The zero-order valence-corrected chi connectivity index (χ0v) is 9.98. The number of hydrogen-bond acceptors (Lipinski definition) is 2. The van der Waals surface area contributed by atoms with Crippen LogP contribution in [0.3, 0.4) is 0 Å². The van der Waals surface area contributed by atoms with Crippen LogP contribution in [0.15, 0.2) is 0 Å². The summed E-state index contributed by atoms with van der Waals surface area (Å²) < 4.78 is 0. The fourth-order valence-corrected chi connectivity index (χ4v) is 2.36. The summed E-state index contributed by atoms with van der Waals surface area (Å²) in [5, 5.41) is 0. The fraction of sp³-hybridized carbons (Fsp3) is 0.909. The minimum absolute atomic E-state index is 0.658. The van der Waals surface area contributed by atoms with Crippen molar-refractivity contribution in [3.63, 3.8) is 0 Å². The molecule has 1 unspecified atom stereocenters. The van der Waals surface area contributed by atoms with Gasteiger partial charge in [0.25, 0.3) is 0 Å². The van der Waals surface area contributed by atoms with Gasteiger partial charge in [-0.25, -0.2) is 0 Å². The van der Waals surface area contributed by atoms with Crippen molar-refractivity contribution in [1.29, 1.82) is 0 Å². The van der Waals surface area contributed by atoms with Crippen molar-refractivity contribution in [2.24, 2.45) is 5.73 Å². The van der Waals surface area contributed by atoms with Crippen LogP contribution in [0.1, 0.15) is 45.4 Å². The van der Waals surface area contributed by atoms with Gasteiger partial charge in [-0.05, 0) is 25.8 Å². The third kappa shape index (κ3) is 3.93. The molecule has 0 aromatic carbocycles. The summed E-state index contributed by atoms with van der Waals surface area (Å²) in [6, 6.07) is 0.795. The van der Waals surface area contributed by atoms with E-state index in [1.54, 1.807) is 0 Å². The molecule has 82 valence electrons. The Kier molecular flexibility index (Phi) is 5.41. The average molecular weight is 214 g/mol. The van der Waals surface area contributed by atoms with E-state index in [1.807, 2.05) is 0 Å². The van der Waals surface area contributed by atoms with Crippen molar-refractivity contribution in [2.45, 2.75) is 51.5 Å². The van der Waals surface area contributed by atoms with E-state index in [9.17, 15) is 0 Å². The number of piperidine rings is 1. The number of nitrogens with two attached hydrogens (primary N) is 1. The topological polar surface area (TPSA) is 29.3 Å². The first-order valence-electron chi connectivity index (χ1n) is 5.76. The Labute approximate surface area is 92.8 Å². The Balaban J connectivity index is 2.33. The maximum atomic E-state index is 5.53. The van der Waals surface area contributed by atoms with Gasteiger partial charge < -0.3 is 5.73 Å². The van der Waals surface area contributed by atoms with Crippen LogP contribution in [0.4, 0.5) is 0 Å². The molecular weight excluding hydrogens is 192 g/mol. The second-order valence-electron chi connectivity index (χ2n) is 4.19. The molecule has 1 saturated heterocycles. The van der Waals surface area contributed by atoms with Crippen molar-refractivity contribution in [3.8, 4) is 0 Å². The molecule has 1 heterocycles. The Morgan fingerprint density at radius 3 is 2.93 bits per heavy atom. The molecule has 0 saturated carbocycles. The molecule has 2 nitrogen and oxygen atoms in total. The summed E-state index contributed by atoms with van der Waals surface area (Å²) in [7, 11) is 0. The lowest BCUT2D eigenvalue weighted by molar-refractivity contribution is 0.143. The first-order chi connectivity index (χ1) is 6.74. The molecule has 1 rings (SSSR count). The molecule has 1 aliphatic heterocycles. The Morgan fingerprint density at radius 1 is 1.50 bits per heavy atom. The van der Waals surface area contributed by atoms with Crippen molar-refractivity contribution < 1.29 is 0 Å². The second kappa shape index (κ2) is 6.36. The van der Waals surface area contributed by atoms with Gasteiger partial charge in [-0.2, -0.15) is 0 Å². The lowest BCUT2D eigenvalue weighted by Gasteiger charge is -2.35. The van der Waals surface area contributed by atoms with Gasteiger partial charge in [0.05, 0.1) is 4.99 Å². The molecule has 0 radical (unpaired) electrons. The van der Waals surface area contributed by atoms with E-state index in [2.05, 4.69) is 11.8 Å². The summed E-state index contributed by atoms with van der Waals surface area (Å²) in [4.78, 5) is 3.23. The largest absolute Gasteiger partial charge is 0.393 e. The van der Waals surface area contributed by atoms with Crippen LogP contribution in [0, 0.1) is 0 Å². The second-order valence-corrected chi connectivity index (χ2v) is 4.71. The van der Waals surface area contributed by atoms with Crippen LogP contribution in [0.2, 0.25) is 0 Å². The molecule has 0 amide bonds. The molecule has 0 spiro atoms. The van der Waals surface area contributed by atoms with Crippen LogP contribution in [-0.4, -0.2) is 29.0 Å². The monoisotopic (exact) mass is 214 g/mol. The van der Waals surface area contributed by atoms with E-state index in [0.717, 1.165) is 19.0 Å². The maximum Gasteiger partial charge on any atom is 0.0740 e. The van der Waals surface area contributed by atoms with Gasteiger partial charge in [-0.3, -0.25) is 4.90 Å². The normalized spacial score (nSPS) is 23.6. The third-order valence-electron chi connectivity index (χ3n) is 3.02. The highest BCUT2D eigenvalue weighted by atomic mass is 32.1. The van der Waals surface area contributed by atoms with Gasteiger partial charge >= 0.3 is 0 Å². The van der Waals surface area contributed by atoms with Crippen LogP contribution in [0.25, 0.3) is 0 Å². The van der Waals surface area contributed by atoms with E-state index < -0.39 is 0 Å². The maximum absolute atomic E-state index is 5.53. The quantitative estimate of drug-likeness (QED) is 0.712. The number of nitrogens with zero attached hydrogens (tertiary/aromatic N) is 1. The predicted octanol–water partition coefficient (Wildman–Crippen LogP) is 2.32. The first-order valence-corrected chi connectivity index (χ1v) is 6.17. The van der Waals surface area contributed by atoms with Gasteiger partial charge in [-0.15, -0.1) is 0 Å². The zero-order chi connectivity index (χ0) is 10.4. The molecular formula is C11H22N2S. The summed E-state index contributed by atoms with van der Waals surface area (Å²) >= 11 is 4.92. The zero-order valence-electron chi connectivity index (χ0n) is 9.17. The Bertz CT molecular complexity index is 180. The Hall–Kier alpha value is -0.150. The predicted molar refractivity (Wildman–Crippen MR) is 65.5 cm³/mol. The summed E-state index contributed by atoms with van der Waals surface area (Å²) in [5.41, 5.74) is 5.53. The molecule has 1 atom stereocenters. The van der Waals surface area contributed by atoms with Gasteiger partial charge in [0.1, 0.15) is 0 Å². The number of likely N-dealkylation sites (tertiary alicyclic amines) is 1. The van der Waals surface area contributed by atoms with E-state index in [0.29, 0.717) is 4.99 Å². The van der Waals surface area contributed by atoms with Crippen molar-refractivity contribution in [2.75, 3.05) is 13.1 Å². The van der Waals surface area contributed by atoms with Crippen molar-refractivity contribution >= 4 is 17.2 Å². The highest BCUT2D eigenvalue weighted by molar-refractivity contribution is 7.80. The number of rotatable bonds is 5. The average Bonchev–Trinajstić information content (AvgIpc) is 2.17. The molecule has 0 aromatic rings. The SMILES string of the molecule is CCCC1CCCCN1CCC(N)=S. The standard InChI is InChI=1S/C11H22N2S/c1-2-5-10-6-3-4-8-13(10)9-7-11(12)14/h10H,2-9H2,1H3,(H2,12,14). The van der Waals surface area contributed by atoms with Crippen LogP contribution >= 0.6 is 12.2 Å². The molecule has 3 heteroatoms. The minimum atomic E-state index is 0.658. The van der Waals surface area contributed by atoms with E-state index in [4.69, 9.17) is 18.0 Å². The minimum Gasteiger partial charge on any atom is -0.393 e. The molecule has 0 bridgehead atoms. The van der Waals surface area contributed by atoms with Gasteiger partial charge in [-0.1, -0.05) is 32.0 Å². The smallest absolute Gasteiger partial charge is 0.0740 e. The van der Waals surface area contributed by atoms with Crippen molar-refractivity contribution in [3.05, 3.63) is 0 Å². The first kappa shape index (κ1) is 11.9. The lowest BCUT2D eigenvalue weighted by Crippen LogP contribution is -2.40. The fourth-order valence-electron chi connectivity index (χ4n) is 2.27. The van der Waals surface area contributed by atoms with E-state index in [-0.39, 0.29) is 0 Å². The van der Waals surface area contributed by atoms with Crippen LogP contribution < -0.4 is 5.73 Å². The number of thiocarbonyl (C=S) groups is 1. The Morgan fingerprint density at radius 2 is 2.29 bits per heavy atom. The van der Waals surface area contributed by atoms with Gasteiger partial charge in [0.15, 0.2) is 0 Å². The number of hydrogen-bond donors (Lipinski definition) is 1. The van der Waals surface area contributed by atoms with Gasteiger partial charge in [0.2, 0.25) is 0 Å². The highest BCUT2D eigenvalue weighted by Gasteiger charge is 2.20. The van der Waals surface area contributed by atoms with Crippen LogP contribution in [-0.2, 0) is 0 Å². The lowest BCUT2D eigenvalue weighted by atomic mass is 9.98. The van der Waals surface area contributed by atoms with Gasteiger partial charge in [0, 0.05) is 19.0 Å². The summed E-state index contributed by atoms with van der Waals surface area (Å²) in [6.45, 7) is 4.58. The van der Waals surface area contributed by atoms with E-state index >= 15 is 0 Å². The highest BCUT2D eigenvalue weighted by Crippen LogP contribution is 2.20. The summed E-state index contributed by atoms with van der Waals surface area (Å²) in [6.07, 6.45) is 7.61. The van der Waals surface area contributed by atoms with Crippen molar-refractivity contribution in [1.82, 2.24) is 4.90 Å². The molecule has 0 aromatic heterocycles. The molecule has 1 fully saturated rings. The molecule has 14 heavy (non-hydrogen) atoms. The summed E-state index contributed by atoms with van der Waals surface area (Å²) in [5.74, 6) is 0. The van der Waals surface area contributed by atoms with E-state index in [1.165, 1.54) is 38.6 Å². The molecule has 1 aliphatic rings.